The van der Waals surface area contributed by atoms with E-state index in [9.17, 15) is 0 Å². The summed E-state index contributed by atoms with van der Waals surface area (Å²) in [4.78, 5) is 0. The molecular formula is C36H26O2. The van der Waals surface area contributed by atoms with Crippen LogP contribution in [0.1, 0.15) is 0 Å². The molecule has 0 saturated carbocycles. The number of hydrogen-bond donors (Lipinski definition) is 0. The lowest BCUT2D eigenvalue weighted by Crippen LogP contribution is -1.91. The maximum absolute atomic E-state index is 6.51. The predicted molar refractivity (Wildman–Crippen MR) is 156 cm³/mol. The molecule has 0 amide bonds. The zero-order chi connectivity index (χ0) is 25.6. The van der Waals surface area contributed by atoms with Crippen LogP contribution in [0, 0.1) is 0 Å². The van der Waals surface area contributed by atoms with Gasteiger partial charge in [0.05, 0.1) is 0 Å². The Kier molecular flexibility index (Phi) is 6.69. The normalized spacial score (nSPS) is 10.6. The minimum absolute atomic E-state index is 0.779. The molecule has 182 valence electrons. The van der Waals surface area contributed by atoms with Crippen molar-refractivity contribution in [3.8, 4) is 56.4 Å². The first-order valence-corrected chi connectivity index (χ1v) is 12.7. The van der Waals surface area contributed by atoms with E-state index in [1.807, 2.05) is 66.7 Å². The van der Waals surface area contributed by atoms with Crippen LogP contribution >= 0.6 is 0 Å². The van der Waals surface area contributed by atoms with Gasteiger partial charge in [-0.1, -0.05) is 109 Å². The average molecular weight is 491 g/mol. The van der Waals surface area contributed by atoms with E-state index in [4.69, 9.17) is 9.47 Å². The minimum atomic E-state index is 0.779. The summed E-state index contributed by atoms with van der Waals surface area (Å²) < 4.78 is 12.6. The zero-order valence-corrected chi connectivity index (χ0v) is 20.8. The summed E-state index contributed by atoms with van der Waals surface area (Å²) in [6, 6.07) is 53.3. The molecule has 6 aromatic carbocycles. The molecule has 2 nitrogen and oxygen atoms in total. The standard InChI is InChI=1S/C36H26O2/c1-4-12-27(13-5-1)31-22-23-36(35(26-31)28-14-6-2-7-15-28)38-34-21-11-17-30(25-34)29-16-10-20-33(24-29)37-32-18-8-3-9-19-32/h1-26H. The monoisotopic (exact) mass is 490 g/mol. The van der Waals surface area contributed by atoms with Crippen molar-refractivity contribution in [1.82, 2.24) is 0 Å². The first kappa shape index (κ1) is 23.3. The summed E-state index contributed by atoms with van der Waals surface area (Å²) in [7, 11) is 0. The highest BCUT2D eigenvalue weighted by Crippen LogP contribution is 2.38. The van der Waals surface area contributed by atoms with Crippen molar-refractivity contribution < 1.29 is 9.47 Å². The average Bonchev–Trinajstić information content (AvgIpc) is 2.99. The number of hydrogen-bond acceptors (Lipinski definition) is 2. The van der Waals surface area contributed by atoms with E-state index < -0.39 is 0 Å². The second kappa shape index (κ2) is 10.9. The SMILES string of the molecule is c1ccc(Oc2cccc(-c3cccc(Oc4ccc(-c5ccccc5)cc4-c4ccccc4)c3)c2)cc1. The maximum Gasteiger partial charge on any atom is 0.135 e. The number of para-hydroxylation sites is 1. The molecular weight excluding hydrogens is 464 g/mol. The Bertz CT molecular complexity index is 1640. The summed E-state index contributed by atoms with van der Waals surface area (Å²) in [5, 5.41) is 0. The third-order valence-electron chi connectivity index (χ3n) is 6.38. The van der Waals surface area contributed by atoms with Gasteiger partial charge in [-0.2, -0.15) is 0 Å². The van der Waals surface area contributed by atoms with Crippen molar-refractivity contribution in [2.75, 3.05) is 0 Å². The van der Waals surface area contributed by atoms with E-state index in [1.54, 1.807) is 0 Å². The van der Waals surface area contributed by atoms with E-state index >= 15 is 0 Å². The Morgan fingerprint density at radius 2 is 0.763 bits per heavy atom. The van der Waals surface area contributed by atoms with Gasteiger partial charge in [-0.3, -0.25) is 0 Å². The van der Waals surface area contributed by atoms with Gasteiger partial charge in [-0.05, 0) is 76.3 Å². The molecule has 0 N–H and O–H groups in total. The highest BCUT2D eigenvalue weighted by molar-refractivity contribution is 5.78. The van der Waals surface area contributed by atoms with Crippen molar-refractivity contribution in [3.05, 3.63) is 158 Å². The van der Waals surface area contributed by atoms with Crippen molar-refractivity contribution in [1.29, 1.82) is 0 Å². The summed E-state index contributed by atoms with van der Waals surface area (Å²) in [5.74, 6) is 3.20. The Hall–Kier alpha value is -5.08. The largest absolute Gasteiger partial charge is 0.457 e. The predicted octanol–water partition coefficient (Wildman–Crippen LogP) is 10.3. The van der Waals surface area contributed by atoms with Crippen molar-refractivity contribution in [3.63, 3.8) is 0 Å². The summed E-state index contributed by atoms with van der Waals surface area (Å²) in [6.07, 6.45) is 0. The van der Waals surface area contributed by atoms with Crippen molar-refractivity contribution >= 4 is 0 Å². The fourth-order valence-corrected chi connectivity index (χ4v) is 4.50. The van der Waals surface area contributed by atoms with E-state index in [0.29, 0.717) is 0 Å². The van der Waals surface area contributed by atoms with Crippen LogP contribution in [0.3, 0.4) is 0 Å². The minimum Gasteiger partial charge on any atom is -0.457 e. The highest BCUT2D eigenvalue weighted by atomic mass is 16.5. The summed E-state index contributed by atoms with van der Waals surface area (Å²) in [5.41, 5.74) is 6.61. The van der Waals surface area contributed by atoms with Crippen molar-refractivity contribution in [2.45, 2.75) is 0 Å². The topological polar surface area (TPSA) is 18.5 Å². The Morgan fingerprint density at radius 1 is 0.289 bits per heavy atom. The number of benzene rings is 6. The van der Waals surface area contributed by atoms with E-state index in [1.165, 1.54) is 5.56 Å². The lowest BCUT2D eigenvalue weighted by atomic mass is 9.98. The molecule has 0 radical (unpaired) electrons. The second-order valence-corrected chi connectivity index (χ2v) is 9.02. The van der Waals surface area contributed by atoms with Crippen LogP contribution < -0.4 is 9.47 Å². The molecule has 0 aromatic heterocycles. The summed E-state index contributed by atoms with van der Waals surface area (Å²) in [6.45, 7) is 0. The van der Waals surface area contributed by atoms with Gasteiger partial charge in [0.15, 0.2) is 0 Å². The van der Waals surface area contributed by atoms with Gasteiger partial charge in [0.25, 0.3) is 0 Å². The molecule has 0 spiro atoms. The number of ether oxygens (including phenoxy) is 2. The van der Waals surface area contributed by atoms with Crippen LogP contribution in [0.25, 0.3) is 33.4 Å². The fraction of sp³-hybridized carbons (Fsp3) is 0. The molecule has 2 heteroatoms. The Morgan fingerprint density at radius 3 is 1.39 bits per heavy atom. The second-order valence-electron chi connectivity index (χ2n) is 9.02. The third kappa shape index (κ3) is 5.35. The molecule has 0 unspecified atom stereocenters. The molecule has 0 aliphatic heterocycles. The fourth-order valence-electron chi connectivity index (χ4n) is 4.50. The van der Waals surface area contributed by atoms with Crippen LogP contribution in [-0.2, 0) is 0 Å². The molecule has 0 heterocycles. The van der Waals surface area contributed by atoms with Gasteiger partial charge < -0.3 is 9.47 Å². The molecule has 0 bridgehead atoms. The first-order chi connectivity index (χ1) is 18.8. The lowest BCUT2D eigenvalue weighted by Gasteiger charge is -2.15. The molecule has 0 aliphatic rings. The van der Waals surface area contributed by atoms with Gasteiger partial charge in [-0.25, -0.2) is 0 Å². The molecule has 0 atom stereocenters. The Labute approximate surface area is 223 Å². The molecule has 6 aromatic rings. The van der Waals surface area contributed by atoms with Crippen LogP contribution in [-0.4, -0.2) is 0 Å². The molecule has 0 saturated heterocycles. The van der Waals surface area contributed by atoms with Crippen molar-refractivity contribution in [2.24, 2.45) is 0 Å². The van der Waals surface area contributed by atoms with Crippen LogP contribution in [0.4, 0.5) is 0 Å². The van der Waals surface area contributed by atoms with Gasteiger partial charge in [-0.15, -0.1) is 0 Å². The van der Waals surface area contributed by atoms with E-state index in [-0.39, 0.29) is 0 Å². The summed E-state index contributed by atoms with van der Waals surface area (Å²) >= 11 is 0. The first-order valence-electron chi connectivity index (χ1n) is 12.7. The van der Waals surface area contributed by atoms with Gasteiger partial charge in [0.1, 0.15) is 23.0 Å². The number of rotatable bonds is 7. The van der Waals surface area contributed by atoms with Gasteiger partial charge >= 0.3 is 0 Å². The van der Waals surface area contributed by atoms with E-state index in [0.717, 1.165) is 50.8 Å². The van der Waals surface area contributed by atoms with Gasteiger partial charge in [0.2, 0.25) is 0 Å². The van der Waals surface area contributed by atoms with Crippen LogP contribution in [0.2, 0.25) is 0 Å². The smallest absolute Gasteiger partial charge is 0.135 e. The zero-order valence-electron chi connectivity index (χ0n) is 20.8. The van der Waals surface area contributed by atoms with Crippen LogP contribution in [0.15, 0.2) is 158 Å². The Balaban J connectivity index is 1.31. The molecule has 0 aliphatic carbocycles. The lowest BCUT2D eigenvalue weighted by molar-refractivity contribution is 0.482. The van der Waals surface area contributed by atoms with Crippen LogP contribution in [0.5, 0.6) is 23.0 Å². The molecule has 0 fully saturated rings. The molecule has 6 rings (SSSR count). The maximum atomic E-state index is 6.51. The third-order valence-corrected chi connectivity index (χ3v) is 6.38. The quantitative estimate of drug-likeness (QED) is 0.222. The van der Waals surface area contributed by atoms with Gasteiger partial charge in [0, 0.05) is 5.56 Å². The highest BCUT2D eigenvalue weighted by Gasteiger charge is 2.11. The molecule has 38 heavy (non-hydrogen) atoms. The van der Waals surface area contributed by atoms with E-state index in [2.05, 4.69) is 91.0 Å².